The molecule has 0 bridgehead atoms. The number of nitrogens with two attached hydrogens (primary N) is 2. The molecule has 1 atom stereocenters. The molecule has 0 aromatic rings. The molecule has 0 heterocycles. The summed E-state index contributed by atoms with van der Waals surface area (Å²) in [5.41, 5.74) is 8.83. The van der Waals surface area contributed by atoms with Gasteiger partial charge in [-0.1, -0.05) is 0 Å². The van der Waals surface area contributed by atoms with E-state index in [-0.39, 0.29) is 6.10 Å². The van der Waals surface area contributed by atoms with Crippen LogP contribution in [0.25, 0.3) is 0 Å². The normalized spacial score (nSPS) is 13.5. The van der Waals surface area contributed by atoms with E-state index in [1.165, 1.54) is 13.8 Å². The Bertz CT molecular complexity index is 62.6. The molecule has 4 nitrogen and oxygen atoms in total. The first-order chi connectivity index (χ1) is 4.27. The van der Waals surface area contributed by atoms with Crippen molar-refractivity contribution >= 4 is 0 Å². The van der Waals surface area contributed by atoms with Gasteiger partial charge in [-0.3, -0.25) is 0 Å². The molecule has 0 saturated carbocycles. The Labute approximate surface area is 61.8 Å². The van der Waals surface area contributed by atoms with E-state index in [0.29, 0.717) is 6.54 Å². The molecule has 1 unspecified atom stereocenters. The number of hydrogen-bond donors (Lipinski definition) is 4. The summed E-state index contributed by atoms with van der Waals surface area (Å²) in [6, 6.07) is 0. The molecule has 0 aromatic carbocycles. The molecule has 0 spiro atoms. The fourth-order valence-corrected chi connectivity index (χ4v) is 0. The largest absolute Gasteiger partial charge is 0.392 e. The van der Waals surface area contributed by atoms with E-state index in [4.69, 9.17) is 21.7 Å². The highest BCUT2D eigenvalue weighted by Gasteiger charge is 1.98. The van der Waals surface area contributed by atoms with Gasteiger partial charge in [-0.15, -0.1) is 0 Å². The minimum atomic E-state index is -1.00. The van der Waals surface area contributed by atoms with Gasteiger partial charge in [0.2, 0.25) is 0 Å². The van der Waals surface area contributed by atoms with E-state index >= 15 is 0 Å². The van der Waals surface area contributed by atoms with Gasteiger partial charge in [0.1, 0.15) is 5.72 Å². The van der Waals surface area contributed by atoms with Crippen molar-refractivity contribution in [3.05, 3.63) is 0 Å². The third kappa shape index (κ3) is 108. The third-order valence-electron chi connectivity index (χ3n) is 0.341. The van der Waals surface area contributed by atoms with Crippen molar-refractivity contribution < 1.29 is 10.2 Å². The fourth-order valence-electron chi connectivity index (χ4n) is 0. The van der Waals surface area contributed by atoms with Crippen molar-refractivity contribution in [2.45, 2.75) is 32.6 Å². The van der Waals surface area contributed by atoms with Gasteiger partial charge < -0.3 is 21.7 Å². The van der Waals surface area contributed by atoms with E-state index in [1.807, 2.05) is 0 Å². The van der Waals surface area contributed by atoms with Crippen LogP contribution < -0.4 is 11.5 Å². The third-order valence-corrected chi connectivity index (χ3v) is 0.341. The summed E-state index contributed by atoms with van der Waals surface area (Å²) >= 11 is 0. The summed E-state index contributed by atoms with van der Waals surface area (Å²) in [4.78, 5) is 0. The highest BCUT2D eigenvalue weighted by molar-refractivity contribution is 4.47. The molecular weight excluding hydrogens is 132 g/mol. The Hall–Kier alpha value is -0.160. The number of aliphatic hydroxyl groups is 2. The Morgan fingerprint density at radius 3 is 1.60 bits per heavy atom. The van der Waals surface area contributed by atoms with E-state index in [2.05, 4.69) is 0 Å². The molecule has 0 aliphatic rings. The van der Waals surface area contributed by atoms with Crippen LogP contribution >= 0.6 is 0 Å². The molecule has 4 heteroatoms. The number of aliphatic hydroxyl groups excluding tert-OH is 1. The van der Waals surface area contributed by atoms with Crippen molar-refractivity contribution in [2.24, 2.45) is 11.5 Å². The molecule has 0 saturated heterocycles. The first kappa shape index (κ1) is 12.5. The Morgan fingerprint density at radius 1 is 1.50 bits per heavy atom. The smallest absolute Gasteiger partial charge is 0.107 e. The molecule has 6 N–H and O–H groups in total. The minimum Gasteiger partial charge on any atom is -0.392 e. The maximum Gasteiger partial charge on any atom is 0.107 e. The van der Waals surface area contributed by atoms with Crippen molar-refractivity contribution in [1.29, 1.82) is 0 Å². The summed E-state index contributed by atoms with van der Waals surface area (Å²) in [5, 5.41) is 16.5. The molecule has 0 amide bonds. The molecule has 0 radical (unpaired) electrons. The van der Waals surface area contributed by atoms with Crippen LogP contribution in [0, 0.1) is 0 Å². The minimum absolute atomic E-state index is 0.338. The van der Waals surface area contributed by atoms with Crippen LogP contribution in [0.4, 0.5) is 0 Å². The first-order valence-electron chi connectivity index (χ1n) is 3.16. The van der Waals surface area contributed by atoms with Crippen LogP contribution in [-0.4, -0.2) is 28.6 Å². The highest BCUT2D eigenvalue weighted by atomic mass is 16.3. The molecular formula is C6H18N2O2. The van der Waals surface area contributed by atoms with Crippen molar-refractivity contribution in [3.8, 4) is 0 Å². The van der Waals surface area contributed by atoms with Crippen LogP contribution in [0.5, 0.6) is 0 Å². The zero-order chi connectivity index (χ0) is 8.78. The second kappa shape index (κ2) is 5.61. The van der Waals surface area contributed by atoms with E-state index < -0.39 is 5.72 Å². The van der Waals surface area contributed by atoms with E-state index in [0.717, 1.165) is 0 Å². The SMILES string of the molecule is CC(C)(N)O.CC(O)CN. The lowest BCUT2D eigenvalue weighted by atomic mass is 10.4. The van der Waals surface area contributed by atoms with Gasteiger partial charge in [0.25, 0.3) is 0 Å². The maximum atomic E-state index is 8.30. The van der Waals surface area contributed by atoms with Crippen LogP contribution in [0.1, 0.15) is 20.8 Å². The molecule has 10 heavy (non-hydrogen) atoms. The van der Waals surface area contributed by atoms with Gasteiger partial charge in [0, 0.05) is 6.54 Å². The first-order valence-corrected chi connectivity index (χ1v) is 3.16. The van der Waals surface area contributed by atoms with Gasteiger partial charge in [-0.2, -0.15) is 0 Å². The van der Waals surface area contributed by atoms with Gasteiger partial charge in [-0.25, -0.2) is 0 Å². The predicted octanol–water partition coefficient (Wildman–Crippen LogP) is -1.00. The standard InChI is InChI=1S/2C3H9NO/c1-3(2,4)5;1-3(5)2-4/h5H,4H2,1-2H3;3,5H,2,4H2,1H3. The molecule has 0 fully saturated rings. The van der Waals surface area contributed by atoms with Crippen molar-refractivity contribution in [2.75, 3.05) is 6.54 Å². The summed E-state index contributed by atoms with van der Waals surface area (Å²) in [6.45, 7) is 5.06. The maximum absolute atomic E-state index is 8.30. The quantitative estimate of drug-likeness (QED) is 0.361. The lowest BCUT2D eigenvalue weighted by molar-refractivity contribution is 0.0881. The average molecular weight is 150 g/mol. The van der Waals surface area contributed by atoms with Gasteiger partial charge in [0.05, 0.1) is 6.10 Å². The topological polar surface area (TPSA) is 92.5 Å². The zero-order valence-electron chi connectivity index (χ0n) is 6.83. The Balaban J connectivity index is 0. The predicted molar refractivity (Wildman–Crippen MR) is 41.2 cm³/mol. The van der Waals surface area contributed by atoms with Gasteiger partial charge in [0.15, 0.2) is 0 Å². The average Bonchev–Trinajstić information content (AvgIpc) is 1.61. The molecule has 0 aromatic heterocycles. The lowest BCUT2D eigenvalue weighted by Gasteiger charge is -2.05. The van der Waals surface area contributed by atoms with E-state index in [1.54, 1.807) is 6.92 Å². The van der Waals surface area contributed by atoms with Crippen LogP contribution in [-0.2, 0) is 0 Å². The lowest BCUT2D eigenvalue weighted by Crippen LogP contribution is -2.30. The fraction of sp³-hybridized carbons (Fsp3) is 1.00. The summed E-state index contributed by atoms with van der Waals surface area (Å²) in [5.74, 6) is 0. The van der Waals surface area contributed by atoms with Crippen molar-refractivity contribution in [3.63, 3.8) is 0 Å². The second-order valence-electron chi connectivity index (χ2n) is 2.74. The second-order valence-corrected chi connectivity index (χ2v) is 2.74. The number of rotatable bonds is 1. The molecule has 0 aliphatic heterocycles. The van der Waals surface area contributed by atoms with Crippen LogP contribution in [0.3, 0.4) is 0 Å². The van der Waals surface area contributed by atoms with Crippen molar-refractivity contribution in [1.82, 2.24) is 0 Å². The zero-order valence-corrected chi connectivity index (χ0v) is 6.83. The number of hydrogen-bond acceptors (Lipinski definition) is 4. The van der Waals surface area contributed by atoms with Gasteiger partial charge >= 0.3 is 0 Å². The van der Waals surface area contributed by atoms with E-state index in [9.17, 15) is 0 Å². The highest BCUT2D eigenvalue weighted by Crippen LogP contribution is 1.82. The summed E-state index contributed by atoms with van der Waals surface area (Å²) in [7, 11) is 0. The van der Waals surface area contributed by atoms with Gasteiger partial charge in [-0.05, 0) is 20.8 Å². The van der Waals surface area contributed by atoms with Crippen LogP contribution in [0.15, 0.2) is 0 Å². The molecule has 64 valence electrons. The molecule has 0 rings (SSSR count). The summed E-state index contributed by atoms with van der Waals surface area (Å²) < 4.78 is 0. The van der Waals surface area contributed by atoms with Crippen LogP contribution in [0.2, 0.25) is 0 Å². The Morgan fingerprint density at radius 2 is 1.60 bits per heavy atom. The monoisotopic (exact) mass is 150 g/mol. The molecule has 0 aliphatic carbocycles. The Kier molecular flexibility index (Phi) is 7.02. The summed E-state index contributed by atoms with van der Waals surface area (Å²) in [6.07, 6.45) is -0.338.